The van der Waals surface area contributed by atoms with Gasteiger partial charge in [-0.25, -0.2) is 13.1 Å². The van der Waals surface area contributed by atoms with Crippen molar-refractivity contribution in [2.75, 3.05) is 18.5 Å². The quantitative estimate of drug-likeness (QED) is 0.422. The van der Waals surface area contributed by atoms with Gasteiger partial charge in [0.2, 0.25) is 15.9 Å². The number of sulfonamides is 1. The number of ether oxygens (including phenoxy) is 1. The molecule has 0 aliphatic heterocycles. The van der Waals surface area contributed by atoms with Crippen LogP contribution in [0.5, 0.6) is 0 Å². The molecule has 2 N–H and O–H groups in total. The van der Waals surface area contributed by atoms with Crippen LogP contribution in [-0.4, -0.2) is 33.4 Å². The molecule has 0 fully saturated rings. The Morgan fingerprint density at radius 2 is 1.91 bits per heavy atom. The molecule has 0 saturated carbocycles. The van der Waals surface area contributed by atoms with Crippen molar-refractivity contribution in [2.24, 2.45) is 0 Å². The van der Waals surface area contributed by atoms with E-state index in [9.17, 15) is 18.0 Å². The molecule has 0 bridgehead atoms. The number of hydrogen-bond donors (Lipinski definition) is 2. The minimum absolute atomic E-state index is 0.0674. The summed E-state index contributed by atoms with van der Waals surface area (Å²) in [6, 6.07) is 5.58. The number of rotatable bonds is 8. The van der Waals surface area contributed by atoms with E-state index in [2.05, 4.69) is 21.4 Å². The molecule has 0 aliphatic rings. The Kier molecular flexibility index (Phi) is 6.74. The van der Waals surface area contributed by atoms with E-state index in [-0.39, 0.29) is 18.0 Å². The second-order valence-electron chi connectivity index (χ2n) is 4.19. The zero-order chi connectivity index (χ0) is 16.6. The Labute approximate surface area is 129 Å². The monoisotopic (exact) mass is 326 g/mol. The third kappa shape index (κ3) is 5.66. The summed E-state index contributed by atoms with van der Waals surface area (Å²) in [7, 11) is -3.60. The largest absolute Gasteiger partial charge is 0.466 e. The molecule has 1 rings (SSSR count). The Hall–Kier alpha value is -2.19. The fourth-order valence-electron chi connectivity index (χ4n) is 1.52. The van der Waals surface area contributed by atoms with Crippen molar-refractivity contribution >= 4 is 27.6 Å². The second kappa shape index (κ2) is 8.30. The van der Waals surface area contributed by atoms with Crippen LogP contribution in [0.2, 0.25) is 0 Å². The lowest BCUT2D eigenvalue weighted by Crippen LogP contribution is -2.23. The predicted molar refractivity (Wildman–Crippen MR) is 81.7 cm³/mol. The molecule has 7 nitrogen and oxygen atoms in total. The predicted octanol–water partition coefficient (Wildman–Crippen LogP) is 1.04. The number of amides is 1. The third-order valence-electron chi connectivity index (χ3n) is 2.48. The van der Waals surface area contributed by atoms with Crippen LogP contribution in [0.3, 0.4) is 0 Å². The van der Waals surface area contributed by atoms with Crippen LogP contribution in [0.4, 0.5) is 5.69 Å². The summed E-state index contributed by atoms with van der Waals surface area (Å²) in [5.74, 6) is -1.15. The number of carbonyl (C=O) groups excluding carboxylic acids is 2. The first-order chi connectivity index (χ1) is 10.4. The molecule has 0 radical (unpaired) electrons. The Balaban J connectivity index is 2.67. The first kappa shape index (κ1) is 17.9. The van der Waals surface area contributed by atoms with Gasteiger partial charge in [0.05, 0.1) is 11.5 Å². The van der Waals surface area contributed by atoms with E-state index in [1.54, 1.807) is 6.92 Å². The minimum atomic E-state index is -3.60. The lowest BCUT2D eigenvalue weighted by molar-refractivity contribution is -0.145. The van der Waals surface area contributed by atoms with E-state index in [4.69, 9.17) is 0 Å². The van der Waals surface area contributed by atoms with Crippen LogP contribution in [0.25, 0.3) is 0 Å². The number of benzene rings is 1. The van der Waals surface area contributed by atoms with Gasteiger partial charge in [-0.05, 0) is 31.2 Å². The molecule has 120 valence electrons. The van der Waals surface area contributed by atoms with Crippen LogP contribution in [0, 0.1) is 0 Å². The Morgan fingerprint density at radius 1 is 1.27 bits per heavy atom. The molecule has 8 heteroatoms. The number of anilines is 1. The average molecular weight is 326 g/mol. The molecule has 0 aromatic heterocycles. The van der Waals surface area contributed by atoms with Crippen molar-refractivity contribution in [1.29, 1.82) is 0 Å². The van der Waals surface area contributed by atoms with Gasteiger partial charge < -0.3 is 10.1 Å². The first-order valence-corrected chi connectivity index (χ1v) is 8.03. The van der Waals surface area contributed by atoms with Crippen molar-refractivity contribution in [3.8, 4) is 0 Å². The van der Waals surface area contributed by atoms with E-state index in [0.717, 1.165) is 0 Å². The molecule has 0 spiro atoms. The van der Waals surface area contributed by atoms with Crippen molar-refractivity contribution in [2.45, 2.75) is 18.2 Å². The van der Waals surface area contributed by atoms with Crippen molar-refractivity contribution < 1.29 is 22.7 Å². The van der Waals surface area contributed by atoms with Crippen LogP contribution in [0.1, 0.15) is 13.3 Å². The summed E-state index contributed by atoms with van der Waals surface area (Å²) >= 11 is 0. The standard InChI is InChI=1S/C14H18N2O5S/c1-3-9-15-22(19,20)12-7-5-11(6-8-12)16-13(17)10-14(18)21-4-2/h3,5-8,15H,1,4,9-10H2,2H3,(H,16,17). The molecule has 0 aliphatic carbocycles. The number of nitrogens with one attached hydrogen (secondary N) is 2. The van der Waals surface area contributed by atoms with Crippen molar-refractivity contribution in [3.05, 3.63) is 36.9 Å². The lowest BCUT2D eigenvalue weighted by Gasteiger charge is -2.07. The summed E-state index contributed by atoms with van der Waals surface area (Å²) < 4.78 is 30.7. The fourth-order valence-corrected chi connectivity index (χ4v) is 2.52. The summed E-state index contributed by atoms with van der Waals surface area (Å²) in [5.41, 5.74) is 0.386. The average Bonchev–Trinajstić information content (AvgIpc) is 2.45. The molecule has 0 heterocycles. The maximum absolute atomic E-state index is 11.8. The highest BCUT2D eigenvalue weighted by molar-refractivity contribution is 7.89. The molecule has 22 heavy (non-hydrogen) atoms. The number of carbonyl (C=O) groups is 2. The van der Waals surface area contributed by atoms with Crippen LogP contribution in [-0.2, 0) is 24.3 Å². The molecule has 0 saturated heterocycles. The van der Waals surface area contributed by atoms with Gasteiger partial charge in [-0.2, -0.15) is 0 Å². The molecule has 1 aromatic carbocycles. The Bertz CT molecular complexity index is 638. The fraction of sp³-hybridized carbons (Fsp3) is 0.286. The summed E-state index contributed by atoms with van der Waals surface area (Å²) in [5, 5.41) is 2.48. The molecule has 0 unspecified atom stereocenters. The summed E-state index contributed by atoms with van der Waals surface area (Å²) in [4.78, 5) is 22.8. The highest BCUT2D eigenvalue weighted by atomic mass is 32.2. The van der Waals surface area contributed by atoms with Crippen LogP contribution >= 0.6 is 0 Å². The van der Waals surface area contributed by atoms with E-state index in [1.165, 1.54) is 30.3 Å². The van der Waals surface area contributed by atoms with Gasteiger partial charge in [0.15, 0.2) is 0 Å². The number of esters is 1. The molecule has 0 atom stereocenters. The lowest BCUT2D eigenvalue weighted by atomic mass is 10.3. The highest BCUT2D eigenvalue weighted by Gasteiger charge is 2.14. The highest BCUT2D eigenvalue weighted by Crippen LogP contribution is 2.14. The van der Waals surface area contributed by atoms with E-state index < -0.39 is 28.3 Å². The Morgan fingerprint density at radius 3 is 2.45 bits per heavy atom. The zero-order valence-electron chi connectivity index (χ0n) is 12.2. The second-order valence-corrected chi connectivity index (χ2v) is 5.96. The van der Waals surface area contributed by atoms with Gasteiger partial charge >= 0.3 is 5.97 Å². The van der Waals surface area contributed by atoms with Crippen molar-refractivity contribution in [3.63, 3.8) is 0 Å². The van der Waals surface area contributed by atoms with Gasteiger partial charge in [-0.3, -0.25) is 9.59 Å². The van der Waals surface area contributed by atoms with E-state index in [1.807, 2.05) is 0 Å². The first-order valence-electron chi connectivity index (χ1n) is 6.55. The van der Waals surface area contributed by atoms with Gasteiger partial charge in [-0.1, -0.05) is 6.08 Å². The molecular weight excluding hydrogens is 308 g/mol. The molecule has 1 amide bonds. The molecule has 1 aromatic rings. The maximum atomic E-state index is 11.8. The van der Waals surface area contributed by atoms with Gasteiger partial charge in [-0.15, -0.1) is 6.58 Å². The van der Waals surface area contributed by atoms with Gasteiger partial charge in [0, 0.05) is 12.2 Å². The van der Waals surface area contributed by atoms with Crippen molar-refractivity contribution in [1.82, 2.24) is 4.72 Å². The summed E-state index contributed by atoms with van der Waals surface area (Å²) in [6.45, 7) is 5.41. The third-order valence-corrected chi connectivity index (χ3v) is 3.92. The maximum Gasteiger partial charge on any atom is 0.315 e. The minimum Gasteiger partial charge on any atom is -0.466 e. The molecular formula is C14H18N2O5S. The normalized spacial score (nSPS) is 10.8. The smallest absolute Gasteiger partial charge is 0.315 e. The van der Waals surface area contributed by atoms with E-state index in [0.29, 0.717) is 5.69 Å². The topological polar surface area (TPSA) is 102 Å². The number of hydrogen-bond acceptors (Lipinski definition) is 5. The van der Waals surface area contributed by atoms with E-state index >= 15 is 0 Å². The van der Waals surface area contributed by atoms with Crippen LogP contribution < -0.4 is 10.0 Å². The van der Waals surface area contributed by atoms with Crippen LogP contribution in [0.15, 0.2) is 41.8 Å². The SMILES string of the molecule is C=CCNS(=O)(=O)c1ccc(NC(=O)CC(=O)OCC)cc1. The van der Waals surface area contributed by atoms with Gasteiger partial charge in [0.25, 0.3) is 0 Å². The zero-order valence-corrected chi connectivity index (χ0v) is 13.0. The van der Waals surface area contributed by atoms with Gasteiger partial charge in [0.1, 0.15) is 6.42 Å². The summed E-state index contributed by atoms with van der Waals surface area (Å²) in [6.07, 6.45) is 1.04.